The molecule has 1 heterocycles. The molecule has 0 fully saturated rings. The van der Waals surface area contributed by atoms with Crippen LogP contribution in [0.25, 0.3) is 10.8 Å². The molecule has 2 rings (SSSR count). The van der Waals surface area contributed by atoms with Crippen LogP contribution in [0.15, 0.2) is 24.4 Å². The first-order valence-corrected chi connectivity index (χ1v) is 5.24. The Morgan fingerprint density at radius 1 is 1.19 bits per heavy atom. The SMILES string of the molecule is CC(C)(C)c1cnc(N)c2ccc(F)cc12. The Morgan fingerprint density at radius 3 is 2.50 bits per heavy atom. The first kappa shape index (κ1) is 10.9. The number of nitrogen functional groups attached to an aromatic ring is 1. The fraction of sp³-hybridized carbons (Fsp3) is 0.308. The summed E-state index contributed by atoms with van der Waals surface area (Å²) < 4.78 is 13.3. The van der Waals surface area contributed by atoms with Crippen LogP contribution < -0.4 is 5.73 Å². The van der Waals surface area contributed by atoms with E-state index < -0.39 is 0 Å². The molecule has 0 amide bonds. The van der Waals surface area contributed by atoms with Crippen LogP contribution in [0.3, 0.4) is 0 Å². The number of hydrogen-bond acceptors (Lipinski definition) is 2. The van der Waals surface area contributed by atoms with Crippen molar-refractivity contribution in [3.8, 4) is 0 Å². The van der Waals surface area contributed by atoms with Gasteiger partial charge in [-0.05, 0) is 34.6 Å². The van der Waals surface area contributed by atoms with Crippen molar-refractivity contribution >= 4 is 16.6 Å². The van der Waals surface area contributed by atoms with Crippen molar-refractivity contribution in [3.05, 3.63) is 35.8 Å². The number of aromatic nitrogens is 1. The second-order valence-electron chi connectivity index (χ2n) is 5.00. The summed E-state index contributed by atoms with van der Waals surface area (Å²) in [5, 5.41) is 1.66. The Kier molecular flexibility index (Phi) is 2.34. The number of nitrogens with zero attached hydrogens (tertiary/aromatic N) is 1. The molecule has 2 aromatic rings. The van der Waals surface area contributed by atoms with Crippen LogP contribution in [0.4, 0.5) is 10.2 Å². The summed E-state index contributed by atoms with van der Waals surface area (Å²) in [4.78, 5) is 4.16. The van der Waals surface area contributed by atoms with Gasteiger partial charge in [-0.25, -0.2) is 9.37 Å². The maximum Gasteiger partial charge on any atom is 0.131 e. The summed E-state index contributed by atoms with van der Waals surface area (Å²) in [6, 6.07) is 4.61. The number of rotatable bonds is 0. The average Bonchev–Trinajstić information content (AvgIpc) is 2.15. The summed E-state index contributed by atoms with van der Waals surface area (Å²) >= 11 is 0. The summed E-state index contributed by atoms with van der Waals surface area (Å²) in [6.45, 7) is 6.22. The van der Waals surface area contributed by atoms with Crippen molar-refractivity contribution in [2.24, 2.45) is 0 Å². The van der Waals surface area contributed by atoms with Crippen LogP contribution in [0.5, 0.6) is 0 Å². The highest BCUT2D eigenvalue weighted by Gasteiger charge is 2.18. The molecule has 3 heteroatoms. The highest BCUT2D eigenvalue weighted by molar-refractivity contribution is 5.93. The number of anilines is 1. The Bertz CT molecular complexity index is 541. The molecule has 0 unspecified atom stereocenters. The third-order valence-electron chi connectivity index (χ3n) is 2.69. The molecule has 2 N–H and O–H groups in total. The van der Waals surface area contributed by atoms with Gasteiger partial charge in [0.2, 0.25) is 0 Å². The van der Waals surface area contributed by atoms with E-state index in [1.54, 1.807) is 12.3 Å². The fourth-order valence-corrected chi connectivity index (χ4v) is 1.83. The maximum absolute atomic E-state index is 13.3. The molecular formula is C13H15FN2. The van der Waals surface area contributed by atoms with Crippen LogP contribution in [0, 0.1) is 5.82 Å². The summed E-state index contributed by atoms with van der Waals surface area (Å²) in [7, 11) is 0. The average molecular weight is 218 g/mol. The second-order valence-corrected chi connectivity index (χ2v) is 5.00. The van der Waals surface area contributed by atoms with Crippen molar-refractivity contribution in [2.45, 2.75) is 26.2 Å². The molecule has 1 aromatic heterocycles. The molecule has 0 aliphatic heterocycles. The Hall–Kier alpha value is -1.64. The minimum atomic E-state index is -0.247. The third kappa shape index (κ3) is 1.73. The minimum absolute atomic E-state index is 0.0766. The lowest BCUT2D eigenvalue weighted by Crippen LogP contribution is -2.13. The number of benzene rings is 1. The van der Waals surface area contributed by atoms with Crippen molar-refractivity contribution in [1.29, 1.82) is 0 Å². The van der Waals surface area contributed by atoms with E-state index in [1.165, 1.54) is 12.1 Å². The van der Waals surface area contributed by atoms with E-state index in [9.17, 15) is 4.39 Å². The zero-order valence-electron chi connectivity index (χ0n) is 9.71. The van der Waals surface area contributed by atoms with Gasteiger partial charge in [-0.3, -0.25) is 0 Å². The van der Waals surface area contributed by atoms with E-state index >= 15 is 0 Å². The smallest absolute Gasteiger partial charge is 0.131 e. The highest BCUT2D eigenvalue weighted by atomic mass is 19.1. The topological polar surface area (TPSA) is 38.9 Å². The van der Waals surface area contributed by atoms with E-state index in [4.69, 9.17) is 5.73 Å². The molecule has 0 saturated carbocycles. The molecule has 16 heavy (non-hydrogen) atoms. The largest absolute Gasteiger partial charge is 0.383 e. The van der Waals surface area contributed by atoms with E-state index in [0.29, 0.717) is 5.82 Å². The predicted molar refractivity (Wildman–Crippen MR) is 64.8 cm³/mol. The fourth-order valence-electron chi connectivity index (χ4n) is 1.83. The van der Waals surface area contributed by atoms with Gasteiger partial charge in [0.15, 0.2) is 0 Å². The zero-order valence-corrected chi connectivity index (χ0v) is 9.71. The molecule has 1 aromatic carbocycles. The number of nitrogens with two attached hydrogens (primary N) is 1. The maximum atomic E-state index is 13.3. The van der Waals surface area contributed by atoms with Crippen LogP contribution in [-0.2, 0) is 5.41 Å². The Morgan fingerprint density at radius 2 is 1.88 bits per heavy atom. The first-order valence-electron chi connectivity index (χ1n) is 5.24. The van der Waals surface area contributed by atoms with Crippen molar-refractivity contribution in [2.75, 3.05) is 5.73 Å². The standard InChI is InChI=1S/C13H15FN2/c1-13(2,3)11-7-16-12(15)9-5-4-8(14)6-10(9)11/h4-7H,1-3H3,(H2,15,16). The van der Waals surface area contributed by atoms with Gasteiger partial charge in [0, 0.05) is 11.6 Å². The molecule has 84 valence electrons. The highest BCUT2D eigenvalue weighted by Crippen LogP contribution is 2.31. The number of fused-ring (bicyclic) bond motifs is 1. The molecule has 0 radical (unpaired) electrons. The van der Waals surface area contributed by atoms with Crippen LogP contribution in [0.2, 0.25) is 0 Å². The number of pyridine rings is 1. The van der Waals surface area contributed by atoms with Gasteiger partial charge in [0.1, 0.15) is 11.6 Å². The molecule has 0 aliphatic carbocycles. The van der Waals surface area contributed by atoms with E-state index in [1.807, 2.05) is 0 Å². The van der Waals surface area contributed by atoms with Gasteiger partial charge in [0.05, 0.1) is 0 Å². The van der Waals surface area contributed by atoms with E-state index in [0.717, 1.165) is 16.3 Å². The zero-order chi connectivity index (χ0) is 11.9. The third-order valence-corrected chi connectivity index (χ3v) is 2.69. The quantitative estimate of drug-likeness (QED) is 0.737. The van der Waals surface area contributed by atoms with Crippen molar-refractivity contribution in [1.82, 2.24) is 4.98 Å². The molecule has 0 spiro atoms. The molecule has 2 nitrogen and oxygen atoms in total. The lowest BCUT2D eigenvalue weighted by atomic mass is 9.85. The number of halogens is 1. The molecule has 0 atom stereocenters. The lowest BCUT2D eigenvalue weighted by Gasteiger charge is -2.21. The predicted octanol–water partition coefficient (Wildman–Crippen LogP) is 3.25. The second kappa shape index (κ2) is 3.44. The molecule has 0 bridgehead atoms. The van der Waals surface area contributed by atoms with Crippen LogP contribution in [-0.4, -0.2) is 4.98 Å². The summed E-state index contributed by atoms with van der Waals surface area (Å²) in [6.07, 6.45) is 1.73. The van der Waals surface area contributed by atoms with Crippen LogP contribution >= 0.6 is 0 Å². The van der Waals surface area contributed by atoms with E-state index in [-0.39, 0.29) is 11.2 Å². The number of hydrogen-bond donors (Lipinski definition) is 1. The van der Waals surface area contributed by atoms with Gasteiger partial charge in [-0.2, -0.15) is 0 Å². The summed E-state index contributed by atoms with van der Waals surface area (Å²) in [5.41, 5.74) is 6.72. The van der Waals surface area contributed by atoms with Gasteiger partial charge >= 0.3 is 0 Å². The van der Waals surface area contributed by atoms with Crippen molar-refractivity contribution < 1.29 is 4.39 Å². The first-order chi connectivity index (χ1) is 7.39. The monoisotopic (exact) mass is 218 g/mol. The van der Waals surface area contributed by atoms with Gasteiger partial charge in [-0.15, -0.1) is 0 Å². The van der Waals surface area contributed by atoms with Crippen molar-refractivity contribution in [3.63, 3.8) is 0 Å². The normalized spacial score (nSPS) is 12.0. The minimum Gasteiger partial charge on any atom is -0.383 e. The molecular weight excluding hydrogens is 203 g/mol. The molecule has 0 aliphatic rings. The van der Waals surface area contributed by atoms with Gasteiger partial charge < -0.3 is 5.73 Å². The summed E-state index contributed by atoms with van der Waals surface area (Å²) in [5.74, 6) is 0.201. The van der Waals surface area contributed by atoms with Crippen LogP contribution in [0.1, 0.15) is 26.3 Å². The Balaban J connectivity index is 2.86. The van der Waals surface area contributed by atoms with Gasteiger partial charge in [0.25, 0.3) is 0 Å². The lowest BCUT2D eigenvalue weighted by molar-refractivity contribution is 0.592. The van der Waals surface area contributed by atoms with Gasteiger partial charge in [-0.1, -0.05) is 20.8 Å². The molecule has 0 saturated heterocycles. The Labute approximate surface area is 94.3 Å². The van der Waals surface area contributed by atoms with E-state index in [2.05, 4.69) is 25.8 Å².